The van der Waals surface area contributed by atoms with Crippen LogP contribution in [0.25, 0.3) is 0 Å². The molecule has 1 aromatic carbocycles. The Labute approximate surface area is 134 Å². The highest BCUT2D eigenvalue weighted by atomic mass is 19.3. The molecule has 0 radical (unpaired) electrons. The Morgan fingerprint density at radius 2 is 2.22 bits per heavy atom. The van der Waals surface area contributed by atoms with Gasteiger partial charge in [-0.15, -0.1) is 0 Å². The number of nitrogens with one attached hydrogen (secondary N) is 1. The van der Waals surface area contributed by atoms with E-state index in [1.807, 2.05) is 18.2 Å². The number of rotatable bonds is 5. The molecule has 0 aromatic heterocycles. The standard InChI is InChI=1S/C16H20BF2NO3/c1-16(18,19)8-7-14(21)20-13-9-11-3-2-4-12(10-5-6-10)15(11)23-17(13)22/h2-4,10,13,22H,5-9H2,1H3,(H,20,21)/t13-/m0/s1. The second-order valence-electron chi connectivity index (χ2n) is 6.57. The predicted octanol–water partition coefficient (Wildman–Crippen LogP) is 2.44. The summed E-state index contributed by atoms with van der Waals surface area (Å²) in [6.45, 7) is 0.786. The molecule has 4 nitrogen and oxygen atoms in total. The first-order valence-corrected chi connectivity index (χ1v) is 7.97. The lowest BCUT2D eigenvalue weighted by molar-refractivity contribution is -0.123. The molecular weight excluding hydrogens is 303 g/mol. The molecule has 2 N–H and O–H groups in total. The van der Waals surface area contributed by atoms with E-state index >= 15 is 0 Å². The van der Waals surface area contributed by atoms with Crippen molar-refractivity contribution in [2.24, 2.45) is 0 Å². The number of hydrogen-bond acceptors (Lipinski definition) is 3. The molecule has 1 fully saturated rings. The van der Waals surface area contributed by atoms with Crippen LogP contribution in [0, 0.1) is 0 Å². The van der Waals surface area contributed by atoms with E-state index in [4.69, 9.17) is 4.65 Å². The summed E-state index contributed by atoms with van der Waals surface area (Å²) in [6.07, 6.45) is 1.90. The lowest BCUT2D eigenvalue weighted by atomic mass is 9.72. The zero-order valence-electron chi connectivity index (χ0n) is 13.0. The van der Waals surface area contributed by atoms with Gasteiger partial charge in [-0.3, -0.25) is 4.79 Å². The lowest BCUT2D eigenvalue weighted by Crippen LogP contribution is -2.53. The Morgan fingerprint density at radius 1 is 1.48 bits per heavy atom. The summed E-state index contributed by atoms with van der Waals surface area (Å²) in [5.74, 6) is -2.77. The molecule has 3 rings (SSSR count). The number of hydrogen-bond donors (Lipinski definition) is 2. The third-order valence-corrected chi connectivity index (χ3v) is 4.30. The van der Waals surface area contributed by atoms with Gasteiger partial charge in [0.15, 0.2) is 0 Å². The lowest BCUT2D eigenvalue weighted by Gasteiger charge is -2.29. The number of fused-ring (bicyclic) bond motifs is 1. The number of alkyl halides is 2. The van der Waals surface area contributed by atoms with Crippen LogP contribution >= 0.6 is 0 Å². The van der Waals surface area contributed by atoms with Gasteiger partial charge < -0.3 is 15.0 Å². The minimum atomic E-state index is -2.87. The number of carbonyl (C=O) groups is 1. The SMILES string of the molecule is CC(F)(F)CCC(=O)N[C@H]1Cc2cccc(C3CC3)c2OB1O. The van der Waals surface area contributed by atoms with Crippen LogP contribution in [0.15, 0.2) is 18.2 Å². The molecule has 1 amide bonds. The molecule has 0 unspecified atom stereocenters. The minimum absolute atomic E-state index is 0.276. The van der Waals surface area contributed by atoms with Gasteiger partial charge in [-0.25, -0.2) is 8.78 Å². The molecule has 1 aliphatic carbocycles. The summed E-state index contributed by atoms with van der Waals surface area (Å²) < 4.78 is 31.2. The first-order valence-electron chi connectivity index (χ1n) is 7.97. The zero-order valence-corrected chi connectivity index (χ0v) is 13.0. The quantitative estimate of drug-likeness (QED) is 0.819. The van der Waals surface area contributed by atoms with E-state index in [1.165, 1.54) is 0 Å². The van der Waals surface area contributed by atoms with Crippen molar-refractivity contribution >= 4 is 13.0 Å². The molecule has 0 bridgehead atoms. The zero-order chi connectivity index (χ0) is 16.6. The summed E-state index contributed by atoms with van der Waals surface area (Å²) in [7, 11) is -1.16. The molecule has 2 aliphatic rings. The van der Waals surface area contributed by atoms with Crippen LogP contribution in [0.1, 0.15) is 49.7 Å². The Balaban J connectivity index is 1.65. The second kappa shape index (κ2) is 6.11. The fraction of sp³-hybridized carbons (Fsp3) is 0.562. The molecule has 1 aliphatic heterocycles. The molecule has 7 heteroatoms. The van der Waals surface area contributed by atoms with E-state index < -0.39 is 31.3 Å². The monoisotopic (exact) mass is 323 g/mol. The Morgan fingerprint density at radius 3 is 2.87 bits per heavy atom. The average molecular weight is 323 g/mol. The number of halogens is 2. The third-order valence-electron chi connectivity index (χ3n) is 4.30. The summed E-state index contributed by atoms with van der Waals surface area (Å²) in [6, 6.07) is 5.86. The number of amides is 1. The van der Waals surface area contributed by atoms with Gasteiger partial charge in [0.2, 0.25) is 11.8 Å². The average Bonchev–Trinajstić information content (AvgIpc) is 3.29. The Kier molecular flexibility index (Phi) is 4.32. The molecule has 0 saturated heterocycles. The number of para-hydroxylation sites is 1. The summed E-state index contributed by atoms with van der Waals surface area (Å²) in [5, 5.41) is 12.7. The van der Waals surface area contributed by atoms with Crippen molar-refractivity contribution in [3.8, 4) is 5.75 Å². The maximum absolute atomic E-state index is 12.8. The Hall–Kier alpha value is -1.63. The molecule has 23 heavy (non-hydrogen) atoms. The summed E-state index contributed by atoms with van der Waals surface area (Å²) in [5.41, 5.74) is 2.04. The van der Waals surface area contributed by atoms with E-state index in [9.17, 15) is 18.6 Å². The number of carbonyl (C=O) groups excluding carboxylic acids is 1. The smallest absolute Gasteiger partial charge is 0.534 e. The van der Waals surface area contributed by atoms with Crippen molar-refractivity contribution in [3.05, 3.63) is 29.3 Å². The normalized spacial score (nSPS) is 20.7. The van der Waals surface area contributed by atoms with Crippen LogP contribution in [-0.2, 0) is 11.2 Å². The van der Waals surface area contributed by atoms with E-state index in [-0.39, 0.29) is 6.42 Å². The van der Waals surface area contributed by atoms with Gasteiger partial charge in [0.1, 0.15) is 5.75 Å². The van der Waals surface area contributed by atoms with Gasteiger partial charge in [-0.2, -0.15) is 0 Å². The molecule has 1 saturated carbocycles. The summed E-state index contributed by atoms with van der Waals surface area (Å²) >= 11 is 0. The van der Waals surface area contributed by atoms with Crippen molar-refractivity contribution in [2.45, 2.75) is 56.8 Å². The topological polar surface area (TPSA) is 58.6 Å². The van der Waals surface area contributed by atoms with Gasteiger partial charge in [0.25, 0.3) is 0 Å². The van der Waals surface area contributed by atoms with Crippen LogP contribution in [0.5, 0.6) is 5.75 Å². The van der Waals surface area contributed by atoms with Gasteiger partial charge in [0, 0.05) is 12.8 Å². The van der Waals surface area contributed by atoms with Gasteiger partial charge >= 0.3 is 7.12 Å². The van der Waals surface area contributed by atoms with E-state index in [2.05, 4.69) is 5.32 Å². The highest BCUT2D eigenvalue weighted by Crippen LogP contribution is 2.46. The first-order chi connectivity index (χ1) is 10.8. The van der Waals surface area contributed by atoms with E-state index in [1.54, 1.807) is 0 Å². The highest BCUT2D eigenvalue weighted by Gasteiger charge is 2.39. The van der Waals surface area contributed by atoms with Gasteiger partial charge in [0.05, 0.1) is 5.94 Å². The fourth-order valence-corrected chi connectivity index (χ4v) is 2.90. The number of benzene rings is 1. The molecule has 1 atom stereocenters. The van der Waals surface area contributed by atoms with Crippen LogP contribution in [0.2, 0.25) is 0 Å². The third kappa shape index (κ3) is 4.02. The fourth-order valence-electron chi connectivity index (χ4n) is 2.90. The largest absolute Gasteiger partial charge is 0.547 e. The molecule has 124 valence electrons. The van der Waals surface area contributed by atoms with Crippen molar-refractivity contribution in [3.63, 3.8) is 0 Å². The molecule has 1 heterocycles. The van der Waals surface area contributed by atoms with Crippen molar-refractivity contribution in [1.82, 2.24) is 5.32 Å². The summed E-state index contributed by atoms with van der Waals surface area (Å²) in [4.78, 5) is 11.8. The van der Waals surface area contributed by atoms with Gasteiger partial charge in [-0.05, 0) is 43.2 Å². The second-order valence-corrected chi connectivity index (χ2v) is 6.57. The molecule has 1 aromatic rings. The maximum Gasteiger partial charge on any atom is 0.547 e. The van der Waals surface area contributed by atoms with Crippen LogP contribution in [0.3, 0.4) is 0 Å². The van der Waals surface area contributed by atoms with Crippen molar-refractivity contribution in [1.29, 1.82) is 0 Å². The first kappa shape index (κ1) is 16.2. The van der Waals surface area contributed by atoms with Crippen molar-refractivity contribution in [2.75, 3.05) is 0 Å². The van der Waals surface area contributed by atoms with Crippen LogP contribution < -0.4 is 9.97 Å². The molecular formula is C16H20BF2NO3. The molecule has 0 spiro atoms. The maximum atomic E-state index is 12.8. The Bertz CT molecular complexity index is 601. The van der Waals surface area contributed by atoms with Crippen LogP contribution in [0.4, 0.5) is 8.78 Å². The van der Waals surface area contributed by atoms with Gasteiger partial charge in [-0.1, -0.05) is 18.2 Å². The van der Waals surface area contributed by atoms with E-state index in [0.29, 0.717) is 18.1 Å². The highest BCUT2D eigenvalue weighted by molar-refractivity contribution is 6.46. The van der Waals surface area contributed by atoms with E-state index in [0.717, 1.165) is 30.9 Å². The predicted molar refractivity (Wildman–Crippen MR) is 82.5 cm³/mol. The minimum Gasteiger partial charge on any atom is -0.534 e. The van der Waals surface area contributed by atoms with Crippen LogP contribution in [-0.4, -0.2) is 29.9 Å². The van der Waals surface area contributed by atoms with Crippen molar-refractivity contribution < 1.29 is 23.3 Å².